The van der Waals surface area contributed by atoms with Crippen molar-refractivity contribution in [1.29, 1.82) is 0 Å². The van der Waals surface area contributed by atoms with Crippen molar-refractivity contribution < 1.29 is 22.7 Å². The Morgan fingerprint density at radius 3 is 2.18 bits per heavy atom. The van der Waals surface area contributed by atoms with Crippen molar-refractivity contribution >= 4 is 5.91 Å². The van der Waals surface area contributed by atoms with Gasteiger partial charge in [0.05, 0.1) is 18.6 Å². The van der Waals surface area contributed by atoms with E-state index in [2.05, 4.69) is 4.90 Å². The molecule has 150 valence electrons. The molecule has 1 heterocycles. The second kappa shape index (κ2) is 9.10. The third kappa shape index (κ3) is 5.73. The van der Waals surface area contributed by atoms with E-state index in [-0.39, 0.29) is 5.91 Å². The summed E-state index contributed by atoms with van der Waals surface area (Å²) in [5.74, 6) is 0.807. The lowest BCUT2D eigenvalue weighted by atomic mass is 10.1. The summed E-state index contributed by atoms with van der Waals surface area (Å²) < 4.78 is 43.4. The predicted octanol–water partition coefficient (Wildman–Crippen LogP) is 3.82. The van der Waals surface area contributed by atoms with Crippen LogP contribution in [0.25, 0.3) is 0 Å². The first-order chi connectivity index (χ1) is 13.4. The maximum absolute atomic E-state index is 12.6. The highest BCUT2D eigenvalue weighted by Gasteiger charge is 2.30. The van der Waals surface area contributed by atoms with Gasteiger partial charge in [0.25, 0.3) is 0 Å². The Bertz CT molecular complexity index is 755. The summed E-state index contributed by atoms with van der Waals surface area (Å²) >= 11 is 0. The number of halogens is 3. The number of hydrogen-bond acceptors (Lipinski definition) is 3. The van der Waals surface area contributed by atoms with Crippen LogP contribution < -0.4 is 4.74 Å². The van der Waals surface area contributed by atoms with E-state index < -0.39 is 11.7 Å². The molecule has 1 aliphatic heterocycles. The summed E-state index contributed by atoms with van der Waals surface area (Å²) in [4.78, 5) is 16.3. The first-order valence-corrected chi connectivity index (χ1v) is 9.26. The fourth-order valence-corrected chi connectivity index (χ4v) is 3.14. The Morgan fingerprint density at radius 1 is 0.929 bits per heavy atom. The van der Waals surface area contributed by atoms with Crippen molar-refractivity contribution in [1.82, 2.24) is 9.80 Å². The Morgan fingerprint density at radius 2 is 1.57 bits per heavy atom. The second-order valence-electron chi connectivity index (χ2n) is 6.76. The molecule has 7 heteroatoms. The third-order valence-corrected chi connectivity index (χ3v) is 4.74. The molecule has 2 aromatic rings. The van der Waals surface area contributed by atoms with Gasteiger partial charge in [-0.1, -0.05) is 30.3 Å². The van der Waals surface area contributed by atoms with Crippen molar-refractivity contribution in [2.75, 3.05) is 32.8 Å². The minimum absolute atomic E-state index is 0.0603. The molecule has 28 heavy (non-hydrogen) atoms. The summed E-state index contributed by atoms with van der Waals surface area (Å²) in [5, 5.41) is 0. The summed E-state index contributed by atoms with van der Waals surface area (Å²) in [6.45, 7) is 3.56. The molecule has 1 fully saturated rings. The van der Waals surface area contributed by atoms with Crippen molar-refractivity contribution in [3.05, 3.63) is 65.7 Å². The summed E-state index contributed by atoms with van der Waals surface area (Å²) in [7, 11) is 0. The zero-order valence-electron chi connectivity index (χ0n) is 15.5. The molecule has 3 rings (SSSR count). The molecule has 4 nitrogen and oxygen atoms in total. The van der Waals surface area contributed by atoms with Gasteiger partial charge in [-0.2, -0.15) is 13.2 Å². The van der Waals surface area contributed by atoms with Gasteiger partial charge in [0, 0.05) is 32.7 Å². The van der Waals surface area contributed by atoms with E-state index in [0.29, 0.717) is 45.8 Å². The number of nitrogens with zero attached hydrogens (tertiary/aromatic N) is 2. The van der Waals surface area contributed by atoms with Crippen LogP contribution in [0.4, 0.5) is 13.2 Å². The van der Waals surface area contributed by atoms with E-state index in [4.69, 9.17) is 4.74 Å². The Balaban J connectivity index is 1.39. The summed E-state index contributed by atoms with van der Waals surface area (Å²) in [5.41, 5.74) is 0.202. The number of ether oxygens (including phenoxy) is 1. The summed E-state index contributed by atoms with van der Waals surface area (Å²) in [6.07, 6.45) is -3.98. The zero-order chi connectivity index (χ0) is 20.0. The van der Waals surface area contributed by atoms with E-state index in [1.165, 1.54) is 12.1 Å². The lowest BCUT2D eigenvalue weighted by Crippen LogP contribution is -2.48. The van der Waals surface area contributed by atoms with Crippen LogP contribution >= 0.6 is 0 Å². The first kappa shape index (κ1) is 20.2. The molecule has 0 N–H and O–H groups in total. The average molecular weight is 392 g/mol. The second-order valence-corrected chi connectivity index (χ2v) is 6.76. The molecular weight excluding hydrogens is 369 g/mol. The molecule has 0 unspecified atom stereocenters. The molecule has 0 bridgehead atoms. The number of piperazine rings is 1. The molecule has 0 aliphatic carbocycles. The van der Waals surface area contributed by atoms with Gasteiger partial charge < -0.3 is 9.64 Å². The molecule has 1 aliphatic rings. The molecule has 1 saturated heterocycles. The maximum Gasteiger partial charge on any atom is 0.416 e. The van der Waals surface area contributed by atoms with Crippen molar-refractivity contribution in [3.63, 3.8) is 0 Å². The van der Waals surface area contributed by atoms with Crippen LogP contribution in [0.5, 0.6) is 5.75 Å². The van der Waals surface area contributed by atoms with Crippen LogP contribution in [0.3, 0.4) is 0 Å². The van der Waals surface area contributed by atoms with Gasteiger partial charge in [-0.3, -0.25) is 9.69 Å². The summed E-state index contributed by atoms with van der Waals surface area (Å²) in [6, 6.07) is 14.6. The van der Waals surface area contributed by atoms with Crippen LogP contribution in [0, 0.1) is 0 Å². The van der Waals surface area contributed by atoms with E-state index >= 15 is 0 Å². The van der Waals surface area contributed by atoms with E-state index in [9.17, 15) is 18.0 Å². The number of para-hydroxylation sites is 1. The standard InChI is InChI=1S/C21H23F3N2O2/c22-21(23,24)18-8-6-17(7-9-18)16-25-11-13-26(14-12-25)20(27)10-15-28-19-4-2-1-3-5-19/h1-9H,10-16H2. The van der Waals surface area contributed by atoms with Gasteiger partial charge in [-0.15, -0.1) is 0 Å². The van der Waals surface area contributed by atoms with E-state index in [1.54, 1.807) is 0 Å². The van der Waals surface area contributed by atoms with Crippen molar-refractivity contribution in [3.8, 4) is 5.75 Å². The molecule has 0 aromatic heterocycles. The monoisotopic (exact) mass is 392 g/mol. The maximum atomic E-state index is 12.6. The highest BCUT2D eigenvalue weighted by Crippen LogP contribution is 2.29. The SMILES string of the molecule is O=C(CCOc1ccccc1)N1CCN(Cc2ccc(C(F)(F)F)cc2)CC1. The Labute approximate surface area is 162 Å². The molecule has 0 atom stereocenters. The Kier molecular flexibility index (Phi) is 6.57. The molecule has 1 amide bonds. The smallest absolute Gasteiger partial charge is 0.416 e. The topological polar surface area (TPSA) is 32.8 Å². The van der Waals surface area contributed by atoms with Crippen molar-refractivity contribution in [2.45, 2.75) is 19.1 Å². The van der Waals surface area contributed by atoms with Crippen LogP contribution in [-0.2, 0) is 17.5 Å². The zero-order valence-corrected chi connectivity index (χ0v) is 15.5. The minimum atomic E-state index is -4.31. The van der Waals surface area contributed by atoms with Crippen LogP contribution in [0.1, 0.15) is 17.5 Å². The number of benzene rings is 2. The van der Waals surface area contributed by atoms with Gasteiger partial charge in [-0.25, -0.2) is 0 Å². The molecule has 0 spiro atoms. The van der Waals surface area contributed by atoms with E-state index in [1.807, 2.05) is 35.2 Å². The molecular formula is C21H23F3N2O2. The number of carbonyl (C=O) groups excluding carboxylic acids is 1. The van der Waals surface area contributed by atoms with Gasteiger partial charge in [-0.05, 0) is 29.8 Å². The third-order valence-electron chi connectivity index (χ3n) is 4.74. The molecule has 2 aromatic carbocycles. The average Bonchev–Trinajstić information content (AvgIpc) is 2.69. The first-order valence-electron chi connectivity index (χ1n) is 9.26. The predicted molar refractivity (Wildman–Crippen MR) is 99.9 cm³/mol. The number of alkyl halides is 3. The highest BCUT2D eigenvalue weighted by molar-refractivity contribution is 5.76. The largest absolute Gasteiger partial charge is 0.493 e. The Hall–Kier alpha value is -2.54. The van der Waals surface area contributed by atoms with Gasteiger partial charge >= 0.3 is 6.18 Å². The normalized spacial score (nSPS) is 15.5. The van der Waals surface area contributed by atoms with Crippen LogP contribution in [-0.4, -0.2) is 48.5 Å². The number of carbonyl (C=O) groups is 1. The van der Waals surface area contributed by atoms with Crippen molar-refractivity contribution in [2.24, 2.45) is 0 Å². The number of amides is 1. The fraction of sp³-hybridized carbons (Fsp3) is 0.381. The van der Waals surface area contributed by atoms with Gasteiger partial charge in [0.1, 0.15) is 5.75 Å². The highest BCUT2D eigenvalue weighted by atomic mass is 19.4. The van der Waals surface area contributed by atoms with E-state index in [0.717, 1.165) is 23.4 Å². The van der Waals surface area contributed by atoms with Crippen LogP contribution in [0.15, 0.2) is 54.6 Å². The van der Waals surface area contributed by atoms with Crippen LogP contribution in [0.2, 0.25) is 0 Å². The van der Waals surface area contributed by atoms with Gasteiger partial charge in [0.2, 0.25) is 5.91 Å². The number of rotatable bonds is 6. The minimum Gasteiger partial charge on any atom is -0.493 e. The number of hydrogen-bond donors (Lipinski definition) is 0. The van der Waals surface area contributed by atoms with Gasteiger partial charge in [0.15, 0.2) is 0 Å². The fourth-order valence-electron chi connectivity index (χ4n) is 3.14. The lowest BCUT2D eigenvalue weighted by molar-refractivity contribution is -0.137. The quantitative estimate of drug-likeness (QED) is 0.749. The molecule has 0 saturated carbocycles. The molecule has 0 radical (unpaired) electrons. The lowest BCUT2D eigenvalue weighted by Gasteiger charge is -2.34.